The van der Waals surface area contributed by atoms with Crippen LogP contribution >= 0.6 is 0 Å². The minimum absolute atomic E-state index is 0. The highest BCUT2D eigenvalue weighted by atomic mass is 19.4. The molecule has 2 N–H and O–H groups in total. The van der Waals surface area contributed by atoms with Crippen molar-refractivity contribution < 1.29 is 20.8 Å². The molecule has 182 valence electrons. The van der Waals surface area contributed by atoms with E-state index in [2.05, 4.69) is 37.5 Å². The standard InChI is InChI=1S/C23H29F3N6O.2H2/c1-13(11-17-12-16(17)9-10-33-3)27-21-30-20(18-5-4-6-19(29-18)23(24,25)26)31-22(32-21)28-14(2)15-7-8-15;;/h4-6,13-15H,7-12H2,1-3H3,(H2,27,28,30,31,32);2*1H/t13?,14-;;/m1../s1. The summed E-state index contributed by atoms with van der Waals surface area (Å²) >= 11 is 0. The number of rotatable bonds is 11. The summed E-state index contributed by atoms with van der Waals surface area (Å²) < 4.78 is 44.6. The lowest BCUT2D eigenvalue weighted by Gasteiger charge is -2.17. The van der Waals surface area contributed by atoms with Crippen LogP contribution in [0.3, 0.4) is 0 Å². The van der Waals surface area contributed by atoms with Gasteiger partial charge >= 0.3 is 6.18 Å². The quantitative estimate of drug-likeness (QED) is 0.418. The molecule has 0 aromatic carbocycles. The number of halogens is 3. The number of hydrogen-bond donors (Lipinski definition) is 2. The van der Waals surface area contributed by atoms with Gasteiger partial charge in [0.25, 0.3) is 0 Å². The minimum atomic E-state index is -4.54. The van der Waals surface area contributed by atoms with Gasteiger partial charge in [0.2, 0.25) is 11.9 Å². The number of ether oxygens (including phenoxy) is 1. The van der Waals surface area contributed by atoms with Gasteiger partial charge in [0.15, 0.2) is 5.82 Å². The number of aromatic nitrogens is 4. The molecule has 0 saturated heterocycles. The van der Waals surface area contributed by atoms with Crippen LogP contribution in [-0.4, -0.2) is 45.7 Å². The number of nitrogens with zero attached hydrogens (tertiary/aromatic N) is 4. The Bertz CT molecular complexity index is 1030. The molecule has 2 aromatic rings. The fourth-order valence-corrected chi connectivity index (χ4v) is 3.82. The summed E-state index contributed by atoms with van der Waals surface area (Å²) in [6.45, 7) is 4.81. The Balaban J connectivity index is 0.00000216. The molecule has 4 rings (SSSR count). The summed E-state index contributed by atoms with van der Waals surface area (Å²) in [6, 6.07) is 3.94. The second-order valence-corrected chi connectivity index (χ2v) is 8.86. The average molecular weight is 467 g/mol. The van der Waals surface area contributed by atoms with Gasteiger partial charge < -0.3 is 15.4 Å². The Hall–Kier alpha value is -2.75. The van der Waals surface area contributed by atoms with Gasteiger partial charge in [-0.3, -0.25) is 0 Å². The van der Waals surface area contributed by atoms with Crippen molar-refractivity contribution in [2.75, 3.05) is 24.4 Å². The van der Waals surface area contributed by atoms with Gasteiger partial charge in [-0.2, -0.15) is 28.1 Å². The summed E-state index contributed by atoms with van der Waals surface area (Å²) in [5.41, 5.74) is 1.91. The van der Waals surface area contributed by atoms with Gasteiger partial charge in [-0.25, -0.2) is 4.98 Å². The fourth-order valence-electron chi connectivity index (χ4n) is 3.82. The van der Waals surface area contributed by atoms with Crippen molar-refractivity contribution in [1.29, 1.82) is 0 Å². The molecule has 1 fully saturated rings. The minimum Gasteiger partial charge on any atom is -0.384 e. The number of methoxy groups -OCH3 is 1. The third-order valence-electron chi connectivity index (χ3n) is 5.93. The molecule has 2 aromatic heterocycles. The van der Waals surface area contributed by atoms with Gasteiger partial charge in [-0.05, 0) is 64.0 Å². The Morgan fingerprint density at radius 2 is 1.79 bits per heavy atom. The predicted molar refractivity (Wildman–Crippen MR) is 124 cm³/mol. The largest absolute Gasteiger partial charge is 0.433 e. The van der Waals surface area contributed by atoms with E-state index in [-0.39, 0.29) is 26.5 Å². The molecule has 1 unspecified atom stereocenters. The number of nitrogens with one attached hydrogen (secondary N) is 2. The fraction of sp³-hybridized carbons (Fsp3) is 0.565. The molecule has 0 bridgehead atoms. The summed E-state index contributed by atoms with van der Waals surface area (Å²) in [5.74, 6) is 1.30. The van der Waals surface area contributed by atoms with Gasteiger partial charge in [-0.1, -0.05) is 17.2 Å². The van der Waals surface area contributed by atoms with E-state index in [1.165, 1.54) is 23.3 Å². The van der Waals surface area contributed by atoms with Gasteiger partial charge in [0.1, 0.15) is 11.4 Å². The molecular formula is C23H33F3N6O. The Morgan fingerprint density at radius 3 is 2.45 bits per heavy atom. The molecule has 0 amide bonds. The molecule has 2 atom stereocenters. The van der Waals surface area contributed by atoms with E-state index in [9.17, 15) is 13.2 Å². The molecule has 10 heteroatoms. The highest BCUT2D eigenvalue weighted by Gasteiger charge is 2.33. The normalized spacial score (nSPS) is 17.6. The third kappa shape index (κ3) is 6.40. The molecule has 2 heterocycles. The lowest BCUT2D eigenvalue weighted by atomic mass is 10.2. The average Bonchev–Trinajstić information content (AvgIpc) is 3.67. The lowest BCUT2D eigenvalue weighted by Crippen LogP contribution is -2.22. The van der Waals surface area contributed by atoms with Crippen molar-refractivity contribution in [3.63, 3.8) is 0 Å². The maximum Gasteiger partial charge on any atom is 0.433 e. The zero-order valence-corrected chi connectivity index (χ0v) is 19.0. The van der Waals surface area contributed by atoms with E-state index in [0.29, 0.717) is 17.8 Å². The number of alkyl halides is 3. The maximum atomic E-state index is 13.2. The van der Waals surface area contributed by atoms with Crippen molar-refractivity contribution in [2.24, 2.45) is 5.92 Å². The highest BCUT2D eigenvalue weighted by molar-refractivity contribution is 5.54. The molecular weight excluding hydrogens is 433 g/mol. The monoisotopic (exact) mass is 466 g/mol. The first-order valence-electron chi connectivity index (χ1n) is 11.3. The van der Waals surface area contributed by atoms with Crippen molar-refractivity contribution in [1.82, 2.24) is 19.9 Å². The smallest absolute Gasteiger partial charge is 0.384 e. The van der Waals surface area contributed by atoms with Gasteiger partial charge in [0.05, 0.1) is 0 Å². The van der Waals surface area contributed by atoms with E-state index in [4.69, 9.17) is 4.74 Å². The number of pyridine rings is 1. The van der Waals surface area contributed by atoms with Crippen LogP contribution in [-0.2, 0) is 10.9 Å². The first-order chi connectivity index (χ1) is 15.7. The molecule has 0 spiro atoms. The van der Waals surface area contributed by atoms with E-state index in [1.807, 2.05) is 6.92 Å². The van der Waals surface area contributed by atoms with Crippen LogP contribution in [0.1, 0.15) is 54.5 Å². The summed E-state index contributed by atoms with van der Waals surface area (Å²) in [4.78, 5) is 17.0. The molecule has 2 aliphatic carbocycles. The van der Waals surface area contributed by atoms with Crippen molar-refractivity contribution in [3.05, 3.63) is 35.0 Å². The van der Waals surface area contributed by atoms with Gasteiger partial charge in [0, 0.05) is 28.7 Å². The molecule has 0 radical (unpaired) electrons. The van der Waals surface area contributed by atoms with Crippen LogP contribution < -0.4 is 10.6 Å². The van der Waals surface area contributed by atoms with Gasteiger partial charge in [-0.15, -0.1) is 0 Å². The van der Waals surface area contributed by atoms with Crippen molar-refractivity contribution >= 4 is 11.9 Å². The highest BCUT2D eigenvalue weighted by Crippen LogP contribution is 2.37. The topological polar surface area (TPSA) is 84.9 Å². The van der Waals surface area contributed by atoms with E-state index >= 15 is 0 Å². The lowest BCUT2D eigenvalue weighted by molar-refractivity contribution is -0.141. The Morgan fingerprint density at radius 1 is 1.06 bits per heavy atom. The molecule has 33 heavy (non-hydrogen) atoms. The van der Waals surface area contributed by atoms with E-state index in [1.54, 1.807) is 7.11 Å². The van der Waals surface area contributed by atoms with Crippen LogP contribution in [0.5, 0.6) is 0 Å². The predicted octanol–water partition coefficient (Wildman–Crippen LogP) is 5.58. The van der Waals surface area contributed by atoms with E-state index < -0.39 is 11.9 Å². The molecule has 7 nitrogen and oxygen atoms in total. The first kappa shape index (κ1) is 23.4. The first-order valence-corrected chi connectivity index (χ1v) is 11.3. The van der Waals surface area contributed by atoms with Crippen LogP contribution in [0.15, 0.2) is 29.3 Å². The molecule has 0 aliphatic heterocycles. The van der Waals surface area contributed by atoms with Crippen LogP contribution in [0.4, 0.5) is 25.1 Å². The summed E-state index contributed by atoms with van der Waals surface area (Å²) in [6.07, 6.45) is 0.566. The second kappa shape index (κ2) is 9.62. The van der Waals surface area contributed by atoms with E-state index in [0.717, 1.165) is 44.8 Å². The number of hydrogen-bond acceptors (Lipinski definition) is 7. The zero-order chi connectivity index (χ0) is 23.6. The van der Waals surface area contributed by atoms with Crippen LogP contribution in [0.25, 0.3) is 11.5 Å². The SMILES string of the molecule is COCCC1=C(CC(C)Nc2nc(N[C@H](C)C3CC3)nc(-c3cccc(C(F)(F)F)n3)n2)C1.[HH].[HH]. The van der Waals surface area contributed by atoms with Crippen molar-refractivity contribution in [2.45, 2.75) is 64.2 Å². The summed E-state index contributed by atoms with van der Waals surface area (Å²) in [7, 11) is 1.69. The van der Waals surface area contributed by atoms with Crippen LogP contribution in [0.2, 0.25) is 0 Å². The van der Waals surface area contributed by atoms with Crippen LogP contribution in [0, 0.1) is 5.92 Å². The molecule has 2 aliphatic rings. The Labute approximate surface area is 194 Å². The number of anilines is 2. The maximum absolute atomic E-state index is 13.2. The second-order valence-electron chi connectivity index (χ2n) is 8.86. The zero-order valence-electron chi connectivity index (χ0n) is 19.0. The van der Waals surface area contributed by atoms with Crippen molar-refractivity contribution in [3.8, 4) is 11.5 Å². The molecule has 1 saturated carbocycles. The Kier molecular flexibility index (Phi) is 6.83. The third-order valence-corrected chi connectivity index (χ3v) is 5.93. The summed E-state index contributed by atoms with van der Waals surface area (Å²) in [5, 5.41) is 6.57.